The highest BCUT2D eigenvalue weighted by atomic mass is 19.4. The zero-order valence-electron chi connectivity index (χ0n) is 23.5. The van der Waals surface area contributed by atoms with Crippen molar-refractivity contribution in [3.8, 4) is 11.5 Å². The molecule has 2 amide bonds. The minimum Gasteiger partial charge on any atom is -0.469 e. The number of carbonyl (C=O) groups is 3. The van der Waals surface area contributed by atoms with E-state index in [4.69, 9.17) is 4.74 Å². The van der Waals surface area contributed by atoms with Crippen molar-refractivity contribution in [2.75, 3.05) is 19.0 Å². The molecule has 2 N–H and O–H groups in total. The van der Waals surface area contributed by atoms with Gasteiger partial charge in [0.1, 0.15) is 0 Å². The first-order valence-electron chi connectivity index (χ1n) is 13.8. The van der Waals surface area contributed by atoms with Gasteiger partial charge in [0.05, 0.1) is 12.7 Å². The molecule has 0 bridgehead atoms. The lowest BCUT2D eigenvalue weighted by molar-refractivity contribution is -0.153. The quantitative estimate of drug-likeness (QED) is 0.196. The number of esters is 1. The Balaban J connectivity index is 1.32. The van der Waals surface area contributed by atoms with E-state index in [9.17, 15) is 40.7 Å². The normalized spacial score (nSPS) is 17.2. The highest BCUT2D eigenvalue weighted by molar-refractivity contribution is 5.95. The summed E-state index contributed by atoms with van der Waals surface area (Å²) in [5.41, 5.74) is -1.72. The maximum Gasteiger partial charge on any atom is 0.452 e. The first-order chi connectivity index (χ1) is 20.8. The Morgan fingerprint density at radius 1 is 0.932 bits per heavy atom. The van der Waals surface area contributed by atoms with Crippen LogP contribution in [0.4, 0.5) is 32.0 Å². The van der Waals surface area contributed by atoms with Crippen LogP contribution in [-0.2, 0) is 26.7 Å². The van der Waals surface area contributed by atoms with Gasteiger partial charge in [0, 0.05) is 30.6 Å². The molecule has 2 aromatic carbocycles. The number of anilines is 1. The zero-order valence-corrected chi connectivity index (χ0v) is 23.5. The number of ether oxygens (including phenoxy) is 1. The number of amides is 2. The number of halogens is 6. The molecular formula is C30H29F6N3O5. The predicted molar refractivity (Wildman–Crippen MR) is 145 cm³/mol. The Kier molecular flexibility index (Phi) is 10.00. The minimum atomic E-state index is -5.23. The van der Waals surface area contributed by atoms with Crippen LogP contribution in [0.15, 0.2) is 52.9 Å². The largest absolute Gasteiger partial charge is 0.469 e. The number of oxazole rings is 1. The fourth-order valence-corrected chi connectivity index (χ4v) is 5.15. The molecule has 1 aromatic heterocycles. The van der Waals surface area contributed by atoms with E-state index in [1.54, 1.807) is 12.1 Å². The SMILES string of the molecule is COC(=O)C[C@H]1CC[C@H](c2ccc(NC(=O)CCNC(=O)c3nc(-c4ccccc4C(F)(F)F)oc3C(F)(F)F)cc2)CC1. The molecule has 1 aliphatic rings. The number of benzene rings is 2. The number of nitrogens with one attached hydrogen (secondary N) is 2. The smallest absolute Gasteiger partial charge is 0.452 e. The van der Waals surface area contributed by atoms with Crippen molar-refractivity contribution in [3.63, 3.8) is 0 Å². The van der Waals surface area contributed by atoms with Gasteiger partial charge in [-0.05, 0) is 67.3 Å². The molecule has 1 aliphatic carbocycles. The summed E-state index contributed by atoms with van der Waals surface area (Å²) < 4.78 is 90.2. The summed E-state index contributed by atoms with van der Waals surface area (Å²) >= 11 is 0. The first-order valence-corrected chi connectivity index (χ1v) is 13.8. The molecule has 0 unspecified atom stereocenters. The average molecular weight is 626 g/mol. The number of alkyl halides is 6. The number of aromatic nitrogens is 1. The Morgan fingerprint density at radius 3 is 2.20 bits per heavy atom. The second-order valence-corrected chi connectivity index (χ2v) is 10.4. The van der Waals surface area contributed by atoms with E-state index in [0.29, 0.717) is 30.0 Å². The molecule has 0 aliphatic heterocycles. The Hall–Kier alpha value is -4.36. The number of nitrogens with zero attached hydrogens (tertiary/aromatic N) is 1. The maximum absolute atomic E-state index is 13.6. The van der Waals surface area contributed by atoms with E-state index in [-0.39, 0.29) is 18.9 Å². The lowest BCUT2D eigenvalue weighted by Crippen LogP contribution is -2.29. The summed E-state index contributed by atoms with van der Waals surface area (Å²) in [6.07, 6.45) is -6.37. The second kappa shape index (κ2) is 13.5. The molecule has 0 spiro atoms. The molecule has 236 valence electrons. The van der Waals surface area contributed by atoms with Crippen LogP contribution in [0, 0.1) is 5.92 Å². The predicted octanol–water partition coefficient (Wildman–Crippen LogP) is 6.97. The third-order valence-electron chi connectivity index (χ3n) is 7.40. The van der Waals surface area contributed by atoms with Gasteiger partial charge in [-0.1, -0.05) is 24.3 Å². The van der Waals surface area contributed by atoms with Gasteiger partial charge in [0.2, 0.25) is 17.6 Å². The molecule has 44 heavy (non-hydrogen) atoms. The molecule has 14 heteroatoms. The van der Waals surface area contributed by atoms with Gasteiger partial charge in [0.15, 0.2) is 5.69 Å². The van der Waals surface area contributed by atoms with E-state index in [2.05, 4.69) is 20.0 Å². The van der Waals surface area contributed by atoms with Crippen molar-refractivity contribution < 1.29 is 49.9 Å². The van der Waals surface area contributed by atoms with Gasteiger partial charge in [-0.25, -0.2) is 4.98 Å². The van der Waals surface area contributed by atoms with Crippen molar-refractivity contribution in [1.29, 1.82) is 0 Å². The zero-order chi connectivity index (χ0) is 32.1. The number of hydrogen-bond donors (Lipinski definition) is 2. The Morgan fingerprint density at radius 2 is 1.59 bits per heavy atom. The van der Waals surface area contributed by atoms with Crippen LogP contribution in [0.1, 0.15) is 71.8 Å². The summed E-state index contributed by atoms with van der Waals surface area (Å²) in [6.45, 7) is -0.379. The van der Waals surface area contributed by atoms with Gasteiger partial charge in [-0.3, -0.25) is 14.4 Å². The molecule has 1 fully saturated rings. The molecule has 0 saturated heterocycles. The summed E-state index contributed by atoms with van der Waals surface area (Å²) in [7, 11) is 1.37. The van der Waals surface area contributed by atoms with E-state index >= 15 is 0 Å². The van der Waals surface area contributed by atoms with Crippen molar-refractivity contribution in [2.24, 2.45) is 5.92 Å². The van der Waals surface area contributed by atoms with Crippen molar-refractivity contribution in [3.05, 3.63) is 71.1 Å². The fourth-order valence-electron chi connectivity index (χ4n) is 5.15. The van der Waals surface area contributed by atoms with Crippen molar-refractivity contribution in [2.45, 2.75) is 56.8 Å². The molecule has 3 aromatic rings. The van der Waals surface area contributed by atoms with Crippen molar-refractivity contribution in [1.82, 2.24) is 10.3 Å². The van der Waals surface area contributed by atoms with Crippen LogP contribution in [0.5, 0.6) is 0 Å². The fraction of sp³-hybridized carbons (Fsp3) is 0.400. The average Bonchev–Trinajstić information content (AvgIpc) is 3.44. The third-order valence-corrected chi connectivity index (χ3v) is 7.40. The topological polar surface area (TPSA) is 111 Å². The van der Waals surface area contributed by atoms with Crippen LogP contribution >= 0.6 is 0 Å². The van der Waals surface area contributed by atoms with Gasteiger partial charge >= 0.3 is 18.3 Å². The third kappa shape index (κ3) is 8.17. The molecular weight excluding hydrogens is 596 g/mol. The first kappa shape index (κ1) is 32.6. The van der Waals surface area contributed by atoms with E-state index < -0.39 is 52.6 Å². The van der Waals surface area contributed by atoms with E-state index in [0.717, 1.165) is 49.4 Å². The summed E-state index contributed by atoms with van der Waals surface area (Å²) in [6, 6.07) is 11.0. The monoisotopic (exact) mass is 625 g/mol. The number of rotatable bonds is 9. The van der Waals surface area contributed by atoms with Gasteiger partial charge in [-0.2, -0.15) is 26.3 Å². The second-order valence-electron chi connectivity index (χ2n) is 10.4. The van der Waals surface area contributed by atoms with Crippen LogP contribution in [0.25, 0.3) is 11.5 Å². The molecule has 0 atom stereocenters. The van der Waals surface area contributed by atoms with Gasteiger partial charge in [-0.15, -0.1) is 0 Å². The summed E-state index contributed by atoms with van der Waals surface area (Å²) in [5.74, 6) is -4.36. The molecule has 1 saturated carbocycles. The van der Waals surface area contributed by atoms with Gasteiger partial charge in [0.25, 0.3) is 5.91 Å². The Labute approximate surface area is 248 Å². The van der Waals surface area contributed by atoms with Crippen molar-refractivity contribution >= 4 is 23.5 Å². The Bertz CT molecular complexity index is 1480. The lowest BCUT2D eigenvalue weighted by atomic mass is 9.77. The van der Waals surface area contributed by atoms with Gasteiger partial charge < -0.3 is 19.8 Å². The lowest BCUT2D eigenvalue weighted by Gasteiger charge is -2.28. The maximum atomic E-state index is 13.6. The molecule has 4 rings (SSSR count). The van der Waals surface area contributed by atoms with Crippen LogP contribution in [0.3, 0.4) is 0 Å². The summed E-state index contributed by atoms with van der Waals surface area (Å²) in [4.78, 5) is 39.9. The van der Waals surface area contributed by atoms with Crippen LogP contribution in [-0.4, -0.2) is 36.4 Å². The number of methoxy groups -OCH3 is 1. The molecule has 0 radical (unpaired) electrons. The number of hydrogen-bond acceptors (Lipinski definition) is 6. The highest BCUT2D eigenvalue weighted by Crippen LogP contribution is 2.40. The molecule has 1 heterocycles. The standard InChI is InChI=1S/C30H29F6N3O5/c1-43-24(41)16-17-6-8-18(9-7-17)19-10-12-20(13-11-19)38-23(40)14-15-37-27(42)25-26(30(34,35)36)44-28(39-25)21-4-2-3-5-22(21)29(31,32)33/h2-5,10-13,17-18H,6-9,14-16H2,1H3,(H,37,42)(H,38,40)/t17-,18-. The summed E-state index contributed by atoms with van der Waals surface area (Å²) in [5, 5.41) is 4.78. The number of carbonyl (C=O) groups excluding carboxylic acids is 3. The van der Waals surface area contributed by atoms with Crippen LogP contribution < -0.4 is 10.6 Å². The van der Waals surface area contributed by atoms with Crippen LogP contribution in [0.2, 0.25) is 0 Å². The molecule has 8 nitrogen and oxygen atoms in total. The highest BCUT2D eigenvalue weighted by Gasteiger charge is 2.43. The van der Waals surface area contributed by atoms with E-state index in [1.807, 2.05) is 12.1 Å². The minimum absolute atomic E-state index is 0.211. The van der Waals surface area contributed by atoms with E-state index in [1.165, 1.54) is 7.11 Å².